The van der Waals surface area contributed by atoms with Gasteiger partial charge in [-0.1, -0.05) is 11.6 Å². The average molecular weight is 200 g/mol. The molecular formula is C9H10ClNO2. The van der Waals surface area contributed by atoms with Gasteiger partial charge in [0.2, 0.25) is 0 Å². The van der Waals surface area contributed by atoms with E-state index in [1.165, 1.54) is 6.07 Å². The normalized spacial score (nSPS) is 10.1. The van der Waals surface area contributed by atoms with Crippen LogP contribution < -0.4 is 5.73 Å². The van der Waals surface area contributed by atoms with Crippen molar-refractivity contribution in [2.24, 2.45) is 0 Å². The van der Waals surface area contributed by atoms with Gasteiger partial charge in [-0.25, -0.2) is 4.79 Å². The fourth-order valence-electron chi connectivity index (χ4n) is 1.12. The third kappa shape index (κ3) is 1.60. The van der Waals surface area contributed by atoms with Crippen LogP contribution in [0.15, 0.2) is 6.07 Å². The average Bonchev–Trinajstić information content (AvgIpc) is 2.07. The monoisotopic (exact) mass is 199 g/mol. The number of nitrogen functional groups attached to an aromatic ring is 1. The molecule has 0 atom stereocenters. The summed E-state index contributed by atoms with van der Waals surface area (Å²) in [4.78, 5) is 10.7. The first-order chi connectivity index (χ1) is 5.95. The second kappa shape index (κ2) is 3.26. The van der Waals surface area contributed by atoms with Crippen molar-refractivity contribution in [1.82, 2.24) is 0 Å². The molecule has 0 spiro atoms. The summed E-state index contributed by atoms with van der Waals surface area (Å²) in [6.45, 7) is 3.43. The molecule has 0 bridgehead atoms. The van der Waals surface area contributed by atoms with E-state index in [-0.39, 0.29) is 5.56 Å². The standard InChI is InChI=1S/C9H10ClNO2/c1-4-6(9(12)13)3-7(10)5(2)8(4)11/h3H,11H2,1-2H3,(H,12,13). The van der Waals surface area contributed by atoms with Gasteiger partial charge in [-0.3, -0.25) is 0 Å². The first kappa shape index (κ1) is 9.86. The zero-order chi connectivity index (χ0) is 10.2. The molecular weight excluding hydrogens is 190 g/mol. The number of hydrogen-bond donors (Lipinski definition) is 2. The van der Waals surface area contributed by atoms with Crippen molar-refractivity contribution in [3.8, 4) is 0 Å². The van der Waals surface area contributed by atoms with Gasteiger partial charge in [0.05, 0.1) is 5.56 Å². The molecule has 0 aliphatic carbocycles. The zero-order valence-electron chi connectivity index (χ0n) is 7.39. The predicted octanol–water partition coefficient (Wildman–Crippen LogP) is 2.24. The molecule has 0 unspecified atom stereocenters. The van der Waals surface area contributed by atoms with Gasteiger partial charge >= 0.3 is 5.97 Å². The quantitative estimate of drug-likeness (QED) is 0.682. The number of hydrogen-bond acceptors (Lipinski definition) is 2. The number of carboxylic acid groups (broad SMARTS) is 1. The minimum absolute atomic E-state index is 0.160. The number of carboxylic acids is 1. The minimum atomic E-state index is -1.01. The lowest BCUT2D eigenvalue weighted by molar-refractivity contribution is 0.0696. The van der Waals surface area contributed by atoms with Gasteiger partial charge in [0.1, 0.15) is 0 Å². The summed E-state index contributed by atoms with van der Waals surface area (Å²) in [5.74, 6) is -1.01. The SMILES string of the molecule is Cc1c(Cl)cc(C(=O)O)c(C)c1N. The highest BCUT2D eigenvalue weighted by molar-refractivity contribution is 6.32. The van der Waals surface area contributed by atoms with Gasteiger partial charge in [0.15, 0.2) is 0 Å². The summed E-state index contributed by atoms with van der Waals surface area (Å²) in [5.41, 5.74) is 7.57. The second-order valence-corrected chi connectivity index (χ2v) is 3.28. The Morgan fingerprint density at radius 2 is 2.00 bits per heavy atom. The van der Waals surface area contributed by atoms with E-state index in [1.807, 2.05) is 0 Å². The molecule has 0 fully saturated rings. The van der Waals surface area contributed by atoms with Crippen molar-refractivity contribution in [2.75, 3.05) is 5.73 Å². The predicted molar refractivity (Wildman–Crippen MR) is 52.3 cm³/mol. The summed E-state index contributed by atoms with van der Waals surface area (Å²) < 4.78 is 0. The number of carbonyl (C=O) groups is 1. The van der Waals surface area contributed by atoms with E-state index < -0.39 is 5.97 Å². The van der Waals surface area contributed by atoms with Crippen molar-refractivity contribution >= 4 is 23.3 Å². The van der Waals surface area contributed by atoms with E-state index >= 15 is 0 Å². The van der Waals surface area contributed by atoms with Gasteiger partial charge in [0, 0.05) is 10.7 Å². The Morgan fingerprint density at radius 3 is 2.46 bits per heavy atom. The topological polar surface area (TPSA) is 63.3 Å². The van der Waals surface area contributed by atoms with Gasteiger partial charge in [-0.2, -0.15) is 0 Å². The van der Waals surface area contributed by atoms with Crippen LogP contribution in [0, 0.1) is 13.8 Å². The summed E-state index contributed by atoms with van der Waals surface area (Å²) in [5, 5.41) is 9.18. The second-order valence-electron chi connectivity index (χ2n) is 2.87. The Labute approximate surface area is 81.1 Å². The van der Waals surface area contributed by atoms with Crippen molar-refractivity contribution in [3.63, 3.8) is 0 Å². The first-order valence-corrected chi connectivity index (χ1v) is 4.11. The zero-order valence-corrected chi connectivity index (χ0v) is 8.14. The summed E-state index contributed by atoms with van der Waals surface area (Å²) >= 11 is 5.79. The Morgan fingerprint density at radius 1 is 1.46 bits per heavy atom. The van der Waals surface area contributed by atoms with Crippen LogP contribution in [0.1, 0.15) is 21.5 Å². The van der Waals surface area contributed by atoms with Crippen molar-refractivity contribution in [3.05, 3.63) is 27.8 Å². The van der Waals surface area contributed by atoms with Crippen molar-refractivity contribution in [2.45, 2.75) is 13.8 Å². The minimum Gasteiger partial charge on any atom is -0.478 e. The Hall–Kier alpha value is -1.22. The Kier molecular flexibility index (Phi) is 2.48. The number of nitrogens with two attached hydrogens (primary N) is 1. The highest BCUT2D eigenvalue weighted by atomic mass is 35.5. The molecule has 0 amide bonds. The lowest BCUT2D eigenvalue weighted by Crippen LogP contribution is -2.04. The van der Waals surface area contributed by atoms with Gasteiger partial charge in [0.25, 0.3) is 0 Å². The summed E-state index contributed by atoms with van der Waals surface area (Å²) in [7, 11) is 0. The number of benzene rings is 1. The molecule has 0 aromatic heterocycles. The van der Waals surface area contributed by atoms with Crippen LogP contribution in [0.5, 0.6) is 0 Å². The number of halogens is 1. The van der Waals surface area contributed by atoms with Gasteiger partial charge < -0.3 is 10.8 Å². The van der Waals surface area contributed by atoms with Gasteiger partial charge in [-0.05, 0) is 31.0 Å². The van der Waals surface area contributed by atoms with Crippen LogP contribution in [-0.2, 0) is 0 Å². The molecule has 1 aromatic rings. The van der Waals surface area contributed by atoms with Crippen LogP contribution >= 0.6 is 11.6 Å². The molecule has 3 N–H and O–H groups in total. The molecule has 0 radical (unpaired) electrons. The van der Waals surface area contributed by atoms with Gasteiger partial charge in [-0.15, -0.1) is 0 Å². The molecule has 0 saturated carbocycles. The highest BCUT2D eigenvalue weighted by Gasteiger charge is 2.13. The third-order valence-electron chi connectivity index (χ3n) is 2.07. The molecule has 3 nitrogen and oxygen atoms in total. The number of rotatable bonds is 1. The number of anilines is 1. The van der Waals surface area contributed by atoms with E-state index in [0.29, 0.717) is 16.3 Å². The van der Waals surface area contributed by atoms with E-state index in [0.717, 1.165) is 5.56 Å². The smallest absolute Gasteiger partial charge is 0.336 e. The molecule has 0 saturated heterocycles. The van der Waals surface area contributed by atoms with E-state index in [9.17, 15) is 4.79 Å². The van der Waals surface area contributed by atoms with Crippen LogP contribution in [0.2, 0.25) is 5.02 Å². The molecule has 0 heterocycles. The molecule has 0 aliphatic rings. The summed E-state index contributed by atoms with van der Waals surface area (Å²) in [6, 6.07) is 1.42. The molecule has 1 rings (SSSR count). The Balaban J connectivity index is 3.50. The maximum atomic E-state index is 10.7. The highest BCUT2D eigenvalue weighted by Crippen LogP contribution is 2.27. The maximum absolute atomic E-state index is 10.7. The van der Waals surface area contributed by atoms with Crippen LogP contribution in [0.25, 0.3) is 0 Å². The fourth-order valence-corrected chi connectivity index (χ4v) is 1.33. The molecule has 13 heavy (non-hydrogen) atoms. The Bertz CT molecular complexity index is 374. The number of aromatic carboxylic acids is 1. The molecule has 4 heteroatoms. The third-order valence-corrected chi connectivity index (χ3v) is 2.46. The van der Waals surface area contributed by atoms with E-state index in [4.69, 9.17) is 22.4 Å². The van der Waals surface area contributed by atoms with Crippen LogP contribution in [0.3, 0.4) is 0 Å². The largest absolute Gasteiger partial charge is 0.478 e. The molecule has 0 aliphatic heterocycles. The van der Waals surface area contributed by atoms with Crippen molar-refractivity contribution < 1.29 is 9.90 Å². The molecule has 1 aromatic carbocycles. The summed E-state index contributed by atoms with van der Waals surface area (Å²) in [6.07, 6.45) is 0. The molecule has 70 valence electrons. The van der Waals surface area contributed by atoms with Crippen molar-refractivity contribution in [1.29, 1.82) is 0 Å². The van der Waals surface area contributed by atoms with E-state index in [1.54, 1.807) is 13.8 Å². The lowest BCUT2D eigenvalue weighted by atomic mass is 10.0. The fraction of sp³-hybridized carbons (Fsp3) is 0.222. The first-order valence-electron chi connectivity index (χ1n) is 3.73. The van der Waals surface area contributed by atoms with Crippen LogP contribution in [0.4, 0.5) is 5.69 Å². The maximum Gasteiger partial charge on any atom is 0.336 e. The van der Waals surface area contributed by atoms with Crippen LogP contribution in [-0.4, -0.2) is 11.1 Å². The lowest BCUT2D eigenvalue weighted by Gasteiger charge is -2.09. The van der Waals surface area contributed by atoms with E-state index in [2.05, 4.69) is 0 Å².